The Morgan fingerprint density at radius 2 is 1.59 bits per heavy atom. The van der Waals surface area contributed by atoms with E-state index in [9.17, 15) is 0 Å². The van der Waals surface area contributed by atoms with Gasteiger partial charge in [-0.25, -0.2) is 9.97 Å². The van der Waals surface area contributed by atoms with Gasteiger partial charge in [-0.15, -0.1) is 0 Å². The molecule has 0 spiro atoms. The first kappa shape index (κ1) is 25.2. The van der Waals surface area contributed by atoms with Crippen molar-refractivity contribution < 1.29 is 9.47 Å². The summed E-state index contributed by atoms with van der Waals surface area (Å²) in [6.45, 7) is 6.67. The molecule has 1 aliphatic heterocycles. The predicted molar refractivity (Wildman–Crippen MR) is 152 cm³/mol. The van der Waals surface area contributed by atoms with Crippen LogP contribution >= 0.6 is 0 Å². The Balaban J connectivity index is 1.32. The van der Waals surface area contributed by atoms with Crippen LogP contribution in [0.3, 0.4) is 0 Å². The van der Waals surface area contributed by atoms with Gasteiger partial charge in [0.2, 0.25) is 0 Å². The zero-order valence-corrected chi connectivity index (χ0v) is 21.9. The Morgan fingerprint density at radius 1 is 0.838 bits per heavy atom. The predicted octanol–water partition coefficient (Wildman–Crippen LogP) is 5.34. The van der Waals surface area contributed by atoms with E-state index >= 15 is 0 Å². The molecule has 5 rings (SSSR count). The number of hydrogen-bond donors (Lipinski definition) is 2. The van der Waals surface area contributed by atoms with Gasteiger partial charge in [-0.3, -0.25) is 0 Å². The molecule has 1 saturated heterocycles. The van der Waals surface area contributed by atoms with Crippen molar-refractivity contribution in [3.05, 3.63) is 54.6 Å². The average molecular weight is 500 g/mol. The van der Waals surface area contributed by atoms with Crippen molar-refractivity contribution in [2.75, 3.05) is 58.8 Å². The molecule has 194 valence electrons. The van der Waals surface area contributed by atoms with Gasteiger partial charge in [-0.2, -0.15) is 0 Å². The summed E-state index contributed by atoms with van der Waals surface area (Å²) in [5.74, 6) is 2.86. The molecule has 0 aliphatic carbocycles. The summed E-state index contributed by atoms with van der Waals surface area (Å²) >= 11 is 0. The van der Waals surface area contributed by atoms with Crippen LogP contribution in [0, 0.1) is 0 Å². The van der Waals surface area contributed by atoms with Crippen LogP contribution in [0.5, 0.6) is 11.5 Å². The number of methoxy groups -OCH3 is 2. The number of nitrogens with zero attached hydrogens (tertiary/aromatic N) is 3. The van der Waals surface area contributed by atoms with Crippen LogP contribution in [-0.2, 0) is 0 Å². The number of nitrogens with one attached hydrogen (secondary N) is 2. The lowest BCUT2D eigenvalue weighted by molar-refractivity contribution is 0.236. The number of hydrogen-bond acceptors (Lipinski definition) is 7. The molecule has 7 nitrogen and oxygen atoms in total. The molecule has 0 radical (unpaired) electrons. The van der Waals surface area contributed by atoms with Crippen LogP contribution in [0.15, 0.2) is 54.6 Å². The fraction of sp³-hybridized carbons (Fsp3) is 0.400. The molecule has 0 saturated carbocycles. The maximum absolute atomic E-state index is 5.57. The molecule has 0 unspecified atom stereocenters. The van der Waals surface area contributed by atoms with E-state index in [2.05, 4.69) is 58.0 Å². The maximum atomic E-state index is 5.57. The second kappa shape index (κ2) is 12.2. The first-order chi connectivity index (χ1) is 18.2. The fourth-order valence-corrected chi connectivity index (χ4v) is 5.00. The first-order valence-corrected chi connectivity index (χ1v) is 13.3. The minimum Gasteiger partial charge on any atom is -0.493 e. The largest absolute Gasteiger partial charge is 0.493 e. The summed E-state index contributed by atoms with van der Waals surface area (Å²) in [5, 5.41) is 10.3. The Kier molecular flexibility index (Phi) is 8.33. The number of ether oxygens (including phenoxy) is 2. The first-order valence-electron chi connectivity index (χ1n) is 13.3. The molecule has 0 amide bonds. The zero-order chi connectivity index (χ0) is 25.5. The van der Waals surface area contributed by atoms with Crippen molar-refractivity contribution in [2.24, 2.45) is 0 Å². The van der Waals surface area contributed by atoms with Crippen molar-refractivity contribution in [3.63, 3.8) is 0 Å². The Bertz CT molecular complexity index is 1340. The highest BCUT2D eigenvalue weighted by Crippen LogP contribution is 2.35. The van der Waals surface area contributed by atoms with Crippen LogP contribution in [0.1, 0.15) is 25.7 Å². The minimum atomic E-state index is 0.661. The third-order valence-corrected chi connectivity index (χ3v) is 7.11. The highest BCUT2D eigenvalue weighted by atomic mass is 16.5. The van der Waals surface area contributed by atoms with E-state index in [1.54, 1.807) is 14.2 Å². The van der Waals surface area contributed by atoms with Crippen LogP contribution in [0.4, 0.5) is 5.82 Å². The molecular weight excluding hydrogens is 462 g/mol. The van der Waals surface area contributed by atoms with E-state index < -0.39 is 0 Å². The second-order valence-corrected chi connectivity index (χ2v) is 9.61. The maximum Gasteiger partial charge on any atom is 0.162 e. The number of anilines is 1. The molecule has 1 aromatic heterocycles. The van der Waals surface area contributed by atoms with Crippen molar-refractivity contribution >= 4 is 27.5 Å². The fourth-order valence-electron chi connectivity index (χ4n) is 5.00. The molecule has 0 atom stereocenters. The lowest BCUT2D eigenvalue weighted by Gasteiger charge is -2.27. The van der Waals surface area contributed by atoms with Crippen LogP contribution in [0.25, 0.3) is 33.1 Å². The molecule has 4 aromatic rings. The van der Waals surface area contributed by atoms with Gasteiger partial charge in [0.15, 0.2) is 17.3 Å². The highest BCUT2D eigenvalue weighted by Gasteiger charge is 2.15. The molecular formula is C30H37N5O2. The summed E-state index contributed by atoms with van der Waals surface area (Å²) in [7, 11) is 3.30. The smallest absolute Gasteiger partial charge is 0.162 e. The Labute approximate surface area is 219 Å². The standard InChI is InChI=1S/C30H37N5O2/c1-36-27-20-25-26(21-28(27)37-2)33-29(24-12-11-22-9-5-6-10-23(22)19-24)34-30(25)32-13-7-3-4-8-16-35-17-14-31-15-18-35/h5-6,9-12,19-21,31H,3-4,7-8,13-18H2,1-2H3,(H,32,33,34). The Morgan fingerprint density at radius 3 is 2.41 bits per heavy atom. The van der Waals surface area contributed by atoms with Crippen LogP contribution in [0.2, 0.25) is 0 Å². The van der Waals surface area contributed by atoms with Gasteiger partial charge >= 0.3 is 0 Å². The Hall–Kier alpha value is -3.42. The van der Waals surface area contributed by atoms with Gasteiger partial charge in [0.1, 0.15) is 5.82 Å². The summed E-state index contributed by atoms with van der Waals surface area (Å²) < 4.78 is 11.1. The van der Waals surface area contributed by atoms with E-state index in [0.717, 1.165) is 48.3 Å². The molecule has 37 heavy (non-hydrogen) atoms. The SMILES string of the molecule is COc1cc2nc(-c3ccc4ccccc4c3)nc(NCCCCCCN3CCNCC3)c2cc1OC. The van der Waals surface area contributed by atoms with E-state index in [1.165, 1.54) is 49.7 Å². The lowest BCUT2D eigenvalue weighted by Crippen LogP contribution is -2.43. The van der Waals surface area contributed by atoms with E-state index in [4.69, 9.17) is 19.4 Å². The molecule has 3 aromatic carbocycles. The van der Waals surface area contributed by atoms with Crippen molar-refractivity contribution in [3.8, 4) is 22.9 Å². The van der Waals surface area contributed by atoms with Crippen LogP contribution < -0.4 is 20.1 Å². The summed E-state index contributed by atoms with van der Waals surface area (Å²) in [6, 6.07) is 18.6. The molecule has 2 N–H and O–H groups in total. The third kappa shape index (κ3) is 6.12. The highest BCUT2D eigenvalue weighted by molar-refractivity contribution is 5.94. The third-order valence-electron chi connectivity index (χ3n) is 7.11. The van der Waals surface area contributed by atoms with Gasteiger partial charge in [0, 0.05) is 49.7 Å². The number of piperazine rings is 1. The average Bonchev–Trinajstić information content (AvgIpc) is 2.96. The summed E-state index contributed by atoms with van der Waals surface area (Å²) in [6.07, 6.45) is 4.82. The summed E-state index contributed by atoms with van der Waals surface area (Å²) in [5.41, 5.74) is 1.82. The van der Waals surface area contributed by atoms with Gasteiger partial charge < -0.3 is 25.0 Å². The van der Waals surface area contributed by atoms with Gasteiger partial charge in [0.05, 0.1) is 19.7 Å². The number of fused-ring (bicyclic) bond motifs is 2. The minimum absolute atomic E-state index is 0.661. The topological polar surface area (TPSA) is 71.5 Å². The summed E-state index contributed by atoms with van der Waals surface area (Å²) in [4.78, 5) is 12.5. The van der Waals surface area contributed by atoms with Gasteiger partial charge in [-0.05, 0) is 42.3 Å². The van der Waals surface area contributed by atoms with Crippen molar-refractivity contribution in [2.45, 2.75) is 25.7 Å². The van der Waals surface area contributed by atoms with E-state index in [0.29, 0.717) is 17.3 Å². The van der Waals surface area contributed by atoms with Crippen LogP contribution in [-0.4, -0.2) is 68.4 Å². The van der Waals surface area contributed by atoms with Crippen molar-refractivity contribution in [1.29, 1.82) is 0 Å². The quantitative estimate of drug-likeness (QED) is 0.270. The van der Waals surface area contributed by atoms with E-state index in [-0.39, 0.29) is 0 Å². The number of benzene rings is 3. The lowest BCUT2D eigenvalue weighted by atomic mass is 10.1. The van der Waals surface area contributed by atoms with Gasteiger partial charge in [0.25, 0.3) is 0 Å². The van der Waals surface area contributed by atoms with Gasteiger partial charge in [-0.1, -0.05) is 49.2 Å². The monoisotopic (exact) mass is 499 g/mol. The molecule has 1 aliphatic rings. The molecule has 2 heterocycles. The van der Waals surface area contributed by atoms with Crippen molar-refractivity contribution in [1.82, 2.24) is 20.2 Å². The van der Waals surface area contributed by atoms with E-state index in [1.807, 2.05) is 12.1 Å². The molecule has 1 fully saturated rings. The second-order valence-electron chi connectivity index (χ2n) is 9.61. The molecule has 7 heteroatoms. The normalized spacial score (nSPS) is 14.2. The molecule has 0 bridgehead atoms. The number of rotatable bonds is 11. The number of aromatic nitrogens is 2. The number of unbranched alkanes of at least 4 members (excludes halogenated alkanes) is 3. The zero-order valence-electron chi connectivity index (χ0n) is 21.9.